The molecule has 2 aromatic rings. The van der Waals surface area contributed by atoms with E-state index in [0.29, 0.717) is 29.0 Å². The summed E-state index contributed by atoms with van der Waals surface area (Å²) in [5.41, 5.74) is 1.25. The van der Waals surface area contributed by atoms with Crippen LogP contribution in [0.2, 0.25) is 0 Å². The Labute approximate surface area is 139 Å². The molecule has 6 nitrogen and oxygen atoms in total. The van der Waals surface area contributed by atoms with Gasteiger partial charge in [0.2, 0.25) is 0 Å². The van der Waals surface area contributed by atoms with Crippen molar-refractivity contribution in [2.75, 3.05) is 13.1 Å². The molecule has 3 atom stereocenters. The predicted molar refractivity (Wildman–Crippen MR) is 87.9 cm³/mol. The van der Waals surface area contributed by atoms with Crippen molar-refractivity contribution in [3.63, 3.8) is 0 Å². The lowest BCUT2D eigenvalue weighted by Gasteiger charge is -2.21. The van der Waals surface area contributed by atoms with Crippen molar-refractivity contribution in [2.45, 2.75) is 37.4 Å². The number of furan rings is 1. The van der Waals surface area contributed by atoms with Crippen LogP contribution in [0, 0.1) is 0 Å². The van der Waals surface area contributed by atoms with Crippen LogP contribution in [-0.4, -0.2) is 47.9 Å². The molecular weight excluding hydrogens is 306 g/mol. The van der Waals surface area contributed by atoms with Crippen LogP contribution in [0.4, 0.5) is 0 Å². The van der Waals surface area contributed by atoms with Crippen molar-refractivity contribution in [2.24, 2.45) is 0 Å². The van der Waals surface area contributed by atoms with E-state index in [9.17, 15) is 9.59 Å². The number of hydrogen-bond donors (Lipinski definition) is 2. The second kappa shape index (κ2) is 5.08. The summed E-state index contributed by atoms with van der Waals surface area (Å²) in [6.45, 7) is 1.59. The summed E-state index contributed by atoms with van der Waals surface area (Å²) >= 11 is 0. The van der Waals surface area contributed by atoms with E-state index in [2.05, 4.69) is 10.6 Å². The zero-order chi connectivity index (χ0) is 16.3. The topological polar surface area (TPSA) is 74.4 Å². The Morgan fingerprint density at radius 1 is 1.21 bits per heavy atom. The quantitative estimate of drug-likeness (QED) is 0.839. The maximum Gasteiger partial charge on any atom is 0.289 e. The maximum absolute atomic E-state index is 12.5. The third-order valence-corrected chi connectivity index (χ3v) is 5.34. The highest BCUT2D eigenvalue weighted by molar-refractivity contribution is 6.01. The van der Waals surface area contributed by atoms with Crippen molar-refractivity contribution in [1.29, 1.82) is 0 Å². The molecule has 4 heterocycles. The molecule has 5 rings (SSSR count). The van der Waals surface area contributed by atoms with Gasteiger partial charge in [0.1, 0.15) is 5.58 Å². The van der Waals surface area contributed by atoms with Crippen LogP contribution in [0.25, 0.3) is 11.0 Å². The Morgan fingerprint density at radius 2 is 2.08 bits per heavy atom. The van der Waals surface area contributed by atoms with E-state index in [1.165, 1.54) is 6.42 Å². The van der Waals surface area contributed by atoms with Gasteiger partial charge in [-0.15, -0.1) is 0 Å². The summed E-state index contributed by atoms with van der Waals surface area (Å²) in [6.07, 6.45) is 3.36. The number of nitrogens with zero attached hydrogens (tertiary/aromatic N) is 1. The lowest BCUT2D eigenvalue weighted by molar-refractivity contribution is 0.0857. The summed E-state index contributed by atoms with van der Waals surface area (Å²) in [7, 11) is 0. The highest BCUT2D eigenvalue weighted by atomic mass is 16.3. The van der Waals surface area contributed by atoms with Crippen molar-refractivity contribution in [3.8, 4) is 0 Å². The molecule has 2 bridgehead atoms. The molecule has 1 aromatic heterocycles. The van der Waals surface area contributed by atoms with Crippen LogP contribution in [0.1, 0.15) is 40.2 Å². The van der Waals surface area contributed by atoms with E-state index >= 15 is 0 Å². The van der Waals surface area contributed by atoms with Gasteiger partial charge in [0.05, 0.1) is 0 Å². The fourth-order valence-electron chi connectivity index (χ4n) is 3.93. The summed E-state index contributed by atoms with van der Waals surface area (Å²) in [6, 6.07) is 8.24. The number of carbonyl (C=O) groups excluding carboxylic acids is 2. The second-order valence-electron chi connectivity index (χ2n) is 7.02. The van der Waals surface area contributed by atoms with Crippen molar-refractivity contribution in [1.82, 2.24) is 15.5 Å². The first-order valence-corrected chi connectivity index (χ1v) is 8.57. The summed E-state index contributed by atoms with van der Waals surface area (Å²) in [5.74, 6) is 0.207. The average molecular weight is 325 g/mol. The SMILES string of the molecule is O=C(N[C@@H]1C[C@H]2CC[C@@H]1N2)c1ccc2oc(C(=O)N3CC3)cc2c1. The van der Waals surface area contributed by atoms with Gasteiger partial charge in [0.15, 0.2) is 5.76 Å². The van der Waals surface area contributed by atoms with Gasteiger partial charge in [-0.2, -0.15) is 0 Å². The maximum atomic E-state index is 12.5. The van der Waals surface area contributed by atoms with Crippen LogP contribution >= 0.6 is 0 Å². The van der Waals surface area contributed by atoms with E-state index in [-0.39, 0.29) is 17.9 Å². The van der Waals surface area contributed by atoms with E-state index in [1.807, 2.05) is 0 Å². The second-order valence-corrected chi connectivity index (χ2v) is 7.02. The minimum atomic E-state index is -0.0785. The van der Waals surface area contributed by atoms with Gasteiger partial charge in [-0.05, 0) is 43.5 Å². The van der Waals surface area contributed by atoms with E-state index < -0.39 is 0 Å². The summed E-state index contributed by atoms with van der Waals surface area (Å²) < 4.78 is 5.61. The molecule has 3 saturated heterocycles. The lowest BCUT2D eigenvalue weighted by Crippen LogP contribution is -2.42. The number of rotatable bonds is 3. The molecule has 0 radical (unpaired) electrons. The van der Waals surface area contributed by atoms with Gasteiger partial charge in [0.25, 0.3) is 11.8 Å². The number of benzene rings is 1. The zero-order valence-corrected chi connectivity index (χ0v) is 13.2. The molecule has 6 heteroatoms. The molecule has 3 aliphatic rings. The largest absolute Gasteiger partial charge is 0.451 e. The zero-order valence-electron chi connectivity index (χ0n) is 13.2. The molecule has 2 amide bonds. The highest BCUT2D eigenvalue weighted by Gasteiger charge is 2.39. The van der Waals surface area contributed by atoms with Crippen LogP contribution in [0.5, 0.6) is 0 Å². The molecule has 1 aromatic carbocycles. The Balaban J connectivity index is 1.36. The smallest absolute Gasteiger partial charge is 0.289 e. The third kappa shape index (κ3) is 2.29. The first-order chi connectivity index (χ1) is 11.7. The summed E-state index contributed by atoms with van der Waals surface area (Å²) in [5, 5.41) is 7.46. The van der Waals surface area contributed by atoms with E-state index in [1.54, 1.807) is 29.2 Å². The number of carbonyl (C=O) groups is 2. The molecule has 0 spiro atoms. The molecule has 2 N–H and O–H groups in total. The normalized spacial score (nSPS) is 27.7. The Kier molecular flexibility index (Phi) is 2.97. The minimum Gasteiger partial charge on any atom is -0.451 e. The molecule has 24 heavy (non-hydrogen) atoms. The Hall–Kier alpha value is -2.34. The summed E-state index contributed by atoms with van der Waals surface area (Å²) in [4.78, 5) is 26.3. The number of hydrogen-bond acceptors (Lipinski definition) is 4. The van der Waals surface area contributed by atoms with Crippen molar-refractivity contribution < 1.29 is 14.0 Å². The van der Waals surface area contributed by atoms with Gasteiger partial charge in [-0.3, -0.25) is 9.59 Å². The Morgan fingerprint density at radius 3 is 2.79 bits per heavy atom. The highest BCUT2D eigenvalue weighted by Crippen LogP contribution is 2.29. The van der Waals surface area contributed by atoms with E-state index in [0.717, 1.165) is 31.3 Å². The van der Waals surface area contributed by atoms with Gasteiger partial charge in [-0.1, -0.05) is 0 Å². The third-order valence-electron chi connectivity index (χ3n) is 5.34. The fraction of sp³-hybridized carbons (Fsp3) is 0.444. The fourth-order valence-corrected chi connectivity index (χ4v) is 3.93. The van der Waals surface area contributed by atoms with Crippen molar-refractivity contribution in [3.05, 3.63) is 35.6 Å². The predicted octanol–water partition coefficient (Wildman–Crippen LogP) is 1.51. The molecule has 0 aliphatic carbocycles. The van der Waals surface area contributed by atoms with Crippen LogP contribution in [0.15, 0.2) is 28.7 Å². The van der Waals surface area contributed by atoms with Gasteiger partial charge >= 0.3 is 0 Å². The van der Waals surface area contributed by atoms with Crippen LogP contribution in [-0.2, 0) is 0 Å². The lowest BCUT2D eigenvalue weighted by atomic mass is 9.95. The molecule has 124 valence electrons. The monoisotopic (exact) mass is 325 g/mol. The molecular formula is C18H19N3O3. The number of nitrogens with one attached hydrogen (secondary N) is 2. The minimum absolute atomic E-state index is 0.0590. The van der Waals surface area contributed by atoms with Gasteiger partial charge in [0, 0.05) is 42.2 Å². The van der Waals surface area contributed by atoms with Crippen LogP contribution < -0.4 is 10.6 Å². The molecule has 3 aliphatic heterocycles. The standard InChI is InChI=1S/C18H19N3O3/c22-17(20-14-9-12-2-3-13(14)19-12)10-1-4-15-11(7-10)8-16(24-15)18(23)21-5-6-21/h1,4,7-8,12-14,19H,2-3,5-6,9H2,(H,20,22)/t12-,13+,14-/m1/s1. The Bertz CT molecular complexity index is 839. The first kappa shape index (κ1) is 14.0. The molecule has 0 unspecified atom stereocenters. The van der Waals surface area contributed by atoms with E-state index in [4.69, 9.17) is 4.42 Å². The van der Waals surface area contributed by atoms with Crippen LogP contribution in [0.3, 0.4) is 0 Å². The molecule has 0 saturated carbocycles. The number of amides is 2. The van der Waals surface area contributed by atoms with Gasteiger partial charge in [-0.25, -0.2) is 0 Å². The molecule has 3 fully saturated rings. The van der Waals surface area contributed by atoms with Crippen molar-refractivity contribution >= 4 is 22.8 Å². The average Bonchev–Trinajstić information content (AvgIpc) is 3.03. The van der Waals surface area contributed by atoms with Gasteiger partial charge < -0.3 is 20.0 Å². The number of fused-ring (bicyclic) bond motifs is 3. The first-order valence-electron chi connectivity index (χ1n) is 8.57.